The van der Waals surface area contributed by atoms with E-state index in [0.717, 1.165) is 24.4 Å². The largest absolute Gasteiger partial charge is 0.370 e. The normalized spacial score (nSPS) is 9.86. The predicted molar refractivity (Wildman–Crippen MR) is 62.1 cm³/mol. The summed E-state index contributed by atoms with van der Waals surface area (Å²) in [5.74, 6) is 0.989. The Bertz CT molecular complexity index is 317. The molecule has 0 saturated heterocycles. The molecule has 0 saturated carbocycles. The number of aromatic nitrogens is 2. The highest BCUT2D eigenvalue weighted by molar-refractivity contribution is 9.10. The monoisotopic (exact) mass is 256 g/mol. The summed E-state index contributed by atoms with van der Waals surface area (Å²) in [6.07, 6.45) is 0.918. The van der Waals surface area contributed by atoms with Crippen LogP contribution in [-0.2, 0) is 0 Å². The zero-order chi connectivity index (χ0) is 10.6. The Morgan fingerprint density at radius 1 is 1.64 bits per heavy atom. The van der Waals surface area contributed by atoms with Crippen molar-refractivity contribution in [3.8, 4) is 0 Å². The first kappa shape index (κ1) is 11.0. The Balaban J connectivity index is 2.54. The van der Waals surface area contributed by atoms with Gasteiger partial charge in [-0.15, -0.1) is 6.58 Å². The molecule has 1 rings (SSSR count). The molecule has 3 N–H and O–H groups in total. The molecule has 0 spiro atoms. The zero-order valence-corrected chi connectivity index (χ0v) is 9.63. The van der Waals surface area contributed by atoms with Crippen LogP contribution in [0.2, 0.25) is 0 Å². The lowest BCUT2D eigenvalue weighted by atomic mass is 10.2. The fourth-order valence-electron chi connectivity index (χ4n) is 0.930. The highest BCUT2D eigenvalue weighted by atomic mass is 79.9. The van der Waals surface area contributed by atoms with E-state index in [1.54, 1.807) is 6.07 Å². The van der Waals surface area contributed by atoms with Gasteiger partial charge in [0, 0.05) is 12.6 Å². The number of hydrogen-bond donors (Lipinski definition) is 2. The van der Waals surface area contributed by atoms with E-state index in [-0.39, 0.29) is 5.95 Å². The van der Waals surface area contributed by atoms with Crippen molar-refractivity contribution in [3.63, 3.8) is 0 Å². The lowest BCUT2D eigenvalue weighted by Crippen LogP contribution is -2.06. The van der Waals surface area contributed by atoms with Gasteiger partial charge in [0.1, 0.15) is 10.4 Å². The number of rotatable bonds is 4. The van der Waals surface area contributed by atoms with Gasteiger partial charge >= 0.3 is 0 Å². The molecule has 0 atom stereocenters. The molecule has 0 aliphatic carbocycles. The van der Waals surface area contributed by atoms with Crippen LogP contribution in [0.25, 0.3) is 0 Å². The van der Waals surface area contributed by atoms with Crippen LogP contribution in [0.4, 0.5) is 11.8 Å². The number of hydrogen-bond acceptors (Lipinski definition) is 4. The third-order valence-electron chi connectivity index (χ3n) is 1.57. The Morgan fingerprint density at radius 3 is 2.93 bits per heavy atom. The van der Waals surface area contributed by atoms with Crippen LogP contribution >= 0.6 is 15.9 Å². The molecule has 0 fully saturated rings. The third kappa shape index (κ3) is 3.74. The molecule has 1 aromatic rings. The second-order valence-corrected chi connectivity index (χ2v) is 3.88. The lowest BCUT2D eigenvalue weighted by Gasteiger charge is -2.05. The Hall–Kier alpha value is -1.10. The van der Waals surface area contributed by atoms with Crippen LogP contribution in [0.15, 0.2) is 22.8 Å². The summed E-state index contributed by atoms with van der Waals surface area (Å²) in [4.78, 5) is 7.93. The summed E-state index contributed by atoms with van der Waals surface area (Å²) in [5.41, 5.74) is 6.62. The molecule has 0 radical (unpaired) electrons. The Labute approximate surface area is 91.8 Å². The third-order valence-corrected chi connectivity index (χ3v) is 1.98. The smallest absolute Gasteiger partial charge is 0.223 e. The SMILES string of the molecule is C=C(C)CCNc1cc(Br)nc(N)n1. The second kappa shape index (κ2) is 4.95. The topological polar surface area (TPSA) is 63.8 Å². The van der Waals surface area contributed by atoms with Crippen LogP contribution in [0.1, 0.15) is 13.3 Å². The first-order chi connectivity index (χ1) is 6.58. The van der Waals surface area contributed by atoms with Crippen LogP contribution in [0.5, 0.6) is 0 Å². The molecule has 1 heterocycles. The molecule has 5 heteroatoms. The van der Waals surface area contributed by atoms with Crippen molar-refractivity contribution < 1.29 is 0 Å². The van der Waals surface area contributed by atoms with E-state index in [0.29, 0.717) is 4.60 Å². The molecule has 14 heavy (non-hydrogen) atoms. The van der Waals surface area contributed by atoms with Gasteiger partial charge in [0.05, 0.1) is 0 Å². The van der Waals surface area contributed by atoms with Crippen molar-refractivity contribution >= 4 is 27.7 Å². The van der Waals surface area contributed by atoms with Crippen LogP contribution in [0, 0.1) is 0 Å². The highest BCUT2D eigenvalue weighted by Gasteiger charge is 1.98. The van der Waals surface area contributed by atoms with Crippen molar-refractivity contribution in [3.05, 3.63) is 22.8 Å². The number of nitrogens with zero attached hydrogens (tertiary/aromatic N) is 2. The lowest BCUT2D eigenvalue weighted by molar-refractivity contribution is 0.985. The van der Waals surface area contributed by atoms with Gasteiger partial charge in [-0.05, 0) is 29.3 Å². The maximum atomic E-state index is 5.48. The maximum absolute atomic E-state index is 5.48. The summed E-state index contributed by atoms with van der Waals surface area (Å²) in [5, 5.41) is 3.14. The van der Waals surface area contributed by atoms with Gasteiger partial charge in [0.15, 0.2) is 0 Å². The van der Waals surface area contributed by atoms with E-state index >= 15 is 0 Å². The molecular formula is C9H13BrN4. The van der Waals surface area contributed by atoms with E-state index < -0.39 is 0 Å². The predicted octanol–water partition coefficient (Wildman–Crippen LogP) is 2.20. The fourth-order valence-corrected chi connectivity index (χ4v) is 1.33. The van der Waals surface area contributed by atoms with E-state index in [9.17, 15) is 0 Å². The van der Waals surface area contributed by atoms with E-state index in [1.165, 1.54) is 0 Å². The highest BCUT2D eigenvalue weighted by Crippen LogP contribution is 2.13. The van der Waals surface area contributed by atoms with Gasteiger partial charge in [-0.1, -0.05) is 5.57 Å². The van der Waals surface area contributed by atoms with E-state index in [1.807, 2.05) is 6.92 Å². The van der Waals surface area contributed by atoms with Crippen molar-refractivity contribution in [2.24, 2.45) is 0 Å². The van der Waals surface area contributed by atoms with Crippen molar-refractivity contribution in [2.45, 2.75) is 13.3 Å². The fraction of sp³-hybridized carbons (Fsp3) is 0.333. The maximum Gasteiger partial charge on any atom is 0.223 e. The molecule has 0 unspecified atom stereocenters. The Kier molecular flexibility index (Phi) is 3.88. The van der Waals surface area contributed by atoms with Gasteiger partial charge in [-0.2, -0.15) is 4.98 Å². The molecular weight excluding hydrogens is 244 g/mol. The average molecular weight is 257 g/mol. The summed E-state index contributed by atoms with van der Waals surface area (Å²) < 4.78 is 0.683. The summed E-state index contributed by atoms with van der Waals surface area (Å²) in [7, 11) is 0. The van der Waals surface area contributed by atoms with Crippen molar-refractivity contribution in [1.82, 2.24) is 9.97 Å². The molecule has 0 aliphatic heterocycles. The second-order valence-electron chi connectivity index (χ2n) is 3.07. The first-order valence-corrected chi connectivity index (χ1v) is 5.05. The van der Waals surface area contributed by atoms with E-state index in [2.05, 4.69) is 37.8 Å². The minimum atomic E-state index is 0.261. The van der Waals surface area contributed by atoms with Gasteiger partial charge in [0.25, 0.3) is 0 Å². The number of nitrogens with two attached hydrogens (primary N) is 1. The summed E-state index contributed by atoms with van der Waals surface area (Å²) in [6, 6.07) is 1.79. The van der Waals surface area contributed by atoms with Crippen molar-refractivity contribution in [2.75, 3.05) is 17.6 Å². The summed E-state index contributed by atoms with van der Waals surface area (Å²) >= 11 is 3.25. The number of halogens is 1. The molecule has 4 nitrogen and oxygen atoms in total. The quantitative estimate of drug-likeness (QED) is 0.641. The van der Waals surface area contributed by atoms with Crippen LogP contribution in [-0.4, -0.2) is 16.5 Å². The molecule has 1 aromatic heterocycles. The molecule has 0 bridgehead atoms. The van der Waals surface area contributed by atoms with Gasteiger partial charge in [-0.25, -0.2) is 4.98 Å². The first-order valence-electron chi connectivity index (χ1n) is 4.26. The minimum absolute atomic E-state index is 0.261. The molecule has 76 valence electrons. The van der Waals surface area contributed by atoms with Gasteiger partial charge in [0.2, 0.25) is 5.95 Å². The van der Waals surface area contributed by atoms with Crippen molar-refractivity contribution in [1.29, 1.82) is 0 Å². The number of anilines is 2. The number of nitrogen functional groups attached to an aromatic ring is 1. The zero-order valence-electron chi connectivity index (χ0n) is 8.05. The summed E-state index contributed by atoms with van der Waals surface area (Å²) in [6.45, 7) is 6.61. The minimum Gasteiger partial charge on any atom is -0.370 e. The van der Waals surface area contributed by atoms with Crippen LogP contribution in [0.3, 0.4) is 0 Å². The molecule has 0 aromatic carbocycles. The van der Waals surface area contributed by atoms with Crippen LogP contribution < -0.4 is 11.1 Å². The molecule has 0 amide bonds. The molecule has 0 aliphatic rings. The van der Waals surface area contributed by atoms with E-state index in [4.69, 9.17) is 5.73 Å². The van der Waals surface area contributed by atoms with Gasteiger partial charge in [-0.3, -0.25) is 0 Å². The average Bonchev–Trinajstić information content (AvgIpc) is 2.01. The standard InChI is InChI=1S/C9H13BrN4/c1-6(2)3-4-12-8-5-7(10)13-9(11)14-8/h5H,1,3-4H2,2H3,(H3,11,12,13,14). The Morgan fingerprint density at radius 2 is 2.36 bits per heavy atom. The van der Waals surface area contributed by atoms with Gasteiger partial charge < -0.3 is 11.1 Å². The number of nitrogens with one attached hydrogen (secondary N) is 1.